The molecule has 1 aromatic rings. The molecular formula is C13H10F3INOY-. The van der Waals surface area contributed by atoms with Crippen molar-refractivity contribution in [2.24, 2.45) is 0 Å². The van der Waals surface area contributed by atoms with E-state index in [-0.39, 0.29) is 42.5 Å². The Morgan fingerprint density at radius 3 is 2.50 bits per heavy atom. The van der Waals surface area contributed by atoms with E-state index in [0.29, 0.717) is 17.7 Å². The van der Waals surface area contributed by atoms with Crippen LogP contribution >= 0.6 is 22.6 Å². The van der Waals surface area contributed by atoms with Crippen molar-refractivity contribution in [2.45, 2.75) is 16.8 Å². The molecule has 105 valence electrons. The van der Waals surface area contributed by atoms with Crippen molar-refractivity contribution in [3.05, 3.63) is 41.7 Å². The maximum atomic E-state index is 12.9. The van der Waals surface area contributed by atoms with Gasteiger partial charge in [-0.2, -0.15) is 5.56 Å². The summed E-state index contributed by atoms with van der Waals surface area (Å²) >= 11 is 1.91. The zero-order valence-corrected chi connectivity index (χ0v) is 15.3. The van der Waals surface area contributed by atoms with Crippen LogP contribution in [-0.2, 0) is 37.5 Å². The molecule has 0 fully saturated rings. The summed E-state index contributed by atoms with van der Waals surface area (Å²) in [6, 6.07) is 5.37. The normalized spacial score (nSPS) is 18.9. The number of carbonyl (C=O) groups excluding carboxylic acids is 1. The smallest absolute Gasteiger partial charge is 0.256 e. The number of amides is 1. The fourth-order valence-corrected chi connectivity index (χ4v) is 2.39. The van der Waals surface area contributed by atoms with Gasteiger partial charge >= 0.3 is 0 Å². The Hall–Kier alpha value is 0.0539. The summed E-state index contributed by atoms with van der Waals surface area (Å²) in [4.78, 5) is 13.0. The van der Waals surface area contributed by atoms with E-state index in [1.165, 1.54) is 24.3 Å². The van der Waals surface area contributed by atoms with Gasteiger partial charge in [0.05, 0.1) is 10.5 Å². The van der Waals surface area contributed by atoms with Crippen LogP contribution in [0.5, 0.6) is 0 Å². The molecule has 1 atom stereocenters. The van der Waals surface area contributed by atoms with Crippen LogP contribution in [0.1, 0.15) is 12.0 Å². The van der Waals surface area contributed by atoms with Crippen molar-refractivity contribution < 1.29 is 50.7 Å². The summed E-state index contributed by atoms with van der Waals surface area (Å²) < 4.78 is 37.6. The van der Waals surface area contributed by atoms with Gasteiger partial charge in [-0.25, -0.2) is 19.2 Å². The van der Waals surface area contributed by atoms with Gasteiger partial charge in [0.1, 0.15) is 5.82 Å². The van der Waals surface area contributed by atoms with Crippen LogP contribution in [-0.4, -0.2) is 27.7 Å². The summed E-state index contributed by atoms with van der Waals surface area (Å²) in [5.41, 5.74) is 0.817. The molecule has 1 radical (unpaired) electrons. The van der Waals surface area contributed by atoms with E-state index in [1.807, 2.05) is 22.6 Å². The molecule has 2 nitrogen and oxygen atoms in total. The van der Waals surface area contributed by atoms with Crippen molar-refractivity contribution >= 4 is 34.2 Å². The Morgan fingerprint density at radius 1 is 1.35 bits per heavy atom. The van der Waals surface area contributed by atoms with E-state index in [9.17, 15) is 18.0 Å². The fraction of sp³-hybridized carbons (Fsp3) is 0.308. The number of hydrogen-bond donors (Lipinski definition) is 0. The van der Waals surface area contributed by atoms with Crippen LogP contribution in [0.15, 0.2) is 24.3 Å². The number of alkyl halides is 3. The second-order valence-electron chi connectivity index (χ2n) is 4.04. The zero-order chi connectivity index (χ0) is 14.0. The van der Waals surface area contributed by atoms with Crippen molar-refractivity contribution in [3.63, 3.8) is 0 Å². The van der Waals surface area contributed by atoms with E-state index < -0.39 is 18.8 Å². The number of halogens is 4. The first-order chi connectivity index (χ1) is 8.99. The van der Waals surface area contributed by atoms with Crippen LogP contribution < -0.4 is 0 Å². The Bertz CT molecular complexity index is 507. The minimum atomic E-state index is -2.62. The maximum Gasteiger partial charge on any atom is 0.256 e. The Balaban J connectivity index is 0.00000200. The summed E-state index contributed by atoms with van der Waals surface area (Å²) in [5, 5.41) is 0. The minimum Gasteiger partial charge on any atom is -0.341 e. The molecule has 1 aliphatic rings. The zero-order valence-electron chi connectivity index (χ0n) is 10.3. The molecule has 0 saturated carbocycles. The molecule has 1 aromatic carbocycles. The van der Waals surface area contributed by atoms with Crippen LogP contribution in [0.4, 0.5) is 13.2 Å². The number of benzene rings is 1. The second kappa shape index (κ2) is 7.89. The van der Waals surface area contributed by atoms with E-state index in [1.54, 1.807) is 0 Å². The van der Waals surface area contributed by atoms with Crippen LogP contribution in [0.3, 0.4) is 0 Å². The molecule has 20 heavy (non-hydrogen) atoms. The van der Waals surface area contributed by atoms with Crippen LogP contribution in [0, 0.1) is 11.9 Å². The number of rotatable bonds is 3. The summed E-state index contributed by atoms with van der Waals surface area (Å²) in [5.74, 6) is -0.780. The Labute approximate surface area is 153 Å². The summed E-state index contributed by atoms with van der Waals surface area (Å²) in [6.45, 7) is -0.669. The maximum absolute atomic E-state index is 12.9. The molecule has 1 amide bonds. The van der Waals surface area contributed by atoms with E-state index >= 15 is 0 Å². The van der Waals surface area contributed by atoms with Gasteiger partial charge in [0.2, 0.25) is 5.91 Å². The van der Waals surface area contributed by atoms with Gasteiger partial charge in [0.25, 0.3) is 6.43 Å². The van der Waals surface area contributed by atoms with Crippen molar-refractivity contribution in [1.29, 1.82) is 0 Å². The van der Waals surface area contributed by atoms with E-state index in [0.717, 1.165) is 4.90 Å². The molecular weight excluding hydrogens is 459 g/mol. The minimum absolute atomic E-state index is 0. The first kappa shape index (κ1) is 18.1. The van der Waals surface area contributed by atoms with Gasteiger partial charge in [0, 0.05) is 32.7 Å². The Kier molecular flexibility index (Phi) is 7.14. The molecule has 0 bridgehead atoms. The monoisotopic (exact) mass is 469 g/mol. The van der Waals surface area contributed by atoms with Crippen molar-refractivity contribution in [3.8, 4) is 0 Å². The topological polar surface area (TPSA) is 20.3 Å². The number of allylic oxidation sites excluding steroid dienone is 1. The predicted molar refractivity (Wildman–Crippen MR) is 73.2 cm³/mol. The molecule has 0 saturated heterocycles. The van der Waals surface area contributed by atoms with E-state index in [2.05, 4.69) is 6.08 Å². The fourth-order valence-electron chi connectivity index (χ4n) is 1.83. The molecule has 0 spiro atoms. The molecule has 7 heteroatoms. The number of hydrogen-bond acceptors (Lipinski definition) is 1. The van der Waals surface area contributed by atoms with Crippen LogP contribution in [0.25, 0.3) is 5.70 Å². The summed E-state index contributed by atoms with van der Waals surface area (Å²) in [6.07, 6.45) is 0.694. The van der Waals surface area contributed by atoms with Crippen molar-refractivity contribution in [1.82, 2.24) is 4.90 Å². The third-order valence-corrected chi connectivity index (χ3v) is 3.66. The standard InChI is InChI=1S/C13H10F3INO.Y/c14-9-3-1-8(2-4-9)11-6-5-10(17)13(19)18(11)7-12(15)16;/h1-4,10,12H,5,7H2;/q-1;. The average Bonchev–Trinajstić information content (AvgIpc) is 2.36. The molecule has 1 aliphatic heterocycles. The first-order valence-corrected chi connectivity index (χ1v) is 6.84. The van der Waals surface area contributed by atoms with E-state index in [4.69, 9.17) is 0 Å². The van der Waals surface area contributed by atoms with Gasteiger partial charge < -0.3 is 4.90 Å². The first-order valence-electron chi connectivity index (χ1n) is 5.59. The SMILES string of the molecule is O=C1C(I)C[C-]=C(c2ccc(F)cc2)N1CC(F)F.[Y]. The molecule has 2 rings (SSSR count). The number of nitrogens with zero attached hydrogens (tertiary/aromatic N) is 1. The van der Waals surface area contributed by atoms with Crippen LogP contribution in [0.2, 0.25) is 0 Å². The Morgan fingerprint density at radius 2 is 1.95 bits per heavy atom. The molecule has 0 aliphatic carbocycles. The third kappa shape index (κ3) is 4.27. The van der Waals surface area contributed by atoms with Crippen molar-refractivity contribution in [2.75, 3.05) is 6.54 Å². The summed E-state index contributed by atoms with van der Waals surface area (Å²) in [7, 11) is 0. The van der Waals surface area contributed by atoms with Gasteiger partial charge in [-0.3, -0.25) is 4.79 Å². The third-order valence-electron chi connectivity index (χ3n) is 2.69. The molecule has 0 N–H and O–H groups in total. The number of carbonyl (C=O) groups is 1. The molecule has 0 aromatic heterocycles. The molecule has 1 heterocycles. The average molecular weight is 469 g/mol. The van der Waals surface area contributed by atoms with Gasteiger partial charge in [0.15, 0.2) is 0 Å². The molecule has 1 unspecified atom stereocenters. The second-order valence-corrected chi connectivity index (χ2v) is 5.55. The van der Waals surface area contributed by atoms with Gasteiger partial charge in [-0.05, 0) is 12.1 Å². The van der Waals surface area contributed by atoms with Gasteiger partial charge in [-0.1, -0.05) is 29.0 Å². The predicted octanol–water partition coefficient (Wildman–Crippen LogP) is 3.27. The largest absolute Gasteiger partial charge is 0.341 e. The van der Waals surface area contributed by atoms with Gasteiger partial charge in [-0.15, -0.1) is 17.8 Å². The quantitative estimate of drug-likeness (QED) is 0.379.